The van der Waals surface area contributed by atoms with Crippen LogP contribution >= 0.6 is 0 Å². The number of nitrogens with zero attached hydrogens (tertiary/aromatic N) is 2. The van der Waals surface area contributed by atoms with E-state index in [4.69, 9.17) is 15.9 Å². The molecule has 29 heavy (non-hydrogen) atoms. The summed E-state index contributed by atoms with van der Waals surface area (Å²) in [6.45, 7) is 2.90. The number of aromatic nitrogens is 1. The number of fused-ring (bicyclic) bond motifs is 1. The third kappa shape index (κ3) is 4.02. The first-order valence-electron chi connectivity index (χ1n) is 9.21. The second kappa shape index (κ2) is 8.86. The van der Waals surface area contributed by atoms with Crippen LogP contribution in [0, 0.1) is 23.7 Å². The van der Waals surface area contributed by atoms with Gasteiger partial charge in [-0.15, -0.1) is 12.3 Å². The summed E-state index contributed by atoms with van der Waals surface area (Å²) < 4.78 is 12.4. The second-order valence-corrected chi connectivity index (χ2v) is 6.26. The predicted octanol–water partition coefficient (Wildman–Crippen LogP) is 4.78. The van der Waals surface area contributed by atoms with Gasteiger partial charge in [0.1, 0.15) is 18.4 Å². The predicted molar refractivity (Wildman–Crippen MR) is 113 cm³/mol. The Morgan fingerprint density at radius 2 is 2.00 bits per heavy atom. The highest BCUT2D eigenvalue weighted by atomic mass is 16.5. The zero-order valence-corrected chi connectivity index (χ0v) is 16.4. The molecule has 0 unspecified atom stereocenters. The summed E-state index contributed by atoms with van der Waals surface area (Å²) in [5.74, 6) is 3.15. The normalized spacial score (nSPS) is 10.2. The summed E-state index contributed by atoms with van der Waals surface area (Å²) in [6, 6.07) is 15.3. The molecular formula is C23H21N3O3. The van der Waals surface area contributed by atoms with Crippen LogP contribution < -0.4 is 10.1 Å². The molecule has 0 aliphatic carbocycles. The quantitative estimate of drug-likeness (QED) is 0.488. The lowest BCUT2D eigenvalue weighted by atomic mass is 10.1. The Bertz CT molecular complexity index is 1120. The van der Waals surface area contributed by atoms with Gasteiger partial charge in [0.2, 0.25) is 0 Å². The van der Waals surface area contributed by atoms with Crippen molar-refractivity contribution < 1.29 is 14.3 Å². The molecule has 0 aliphatic heterocycles. The molecule has 0 radical (unpaired) electrons. The number of ether oxygens (including phenoxy) is 2. The van der Waals surface area contributed by atoms with Gasteiger partial charge >= 0.3 is 6.09 Å². The van der Waals surface area contributed by atoms with Crippen LogP contribution in [-0.2, 0) is 11.3 Å². The Morgan fingerprint density at radius 3 is 2.62 bits per heavy atom. The molecule has 6 nitrogen and oxygen atoms in total. The molecule has 146 valence electrons. The lowest BCUT2D eigenvalue weighted by Crippen LogP contribution is -2.14. The van der Waals surface area contributed by atoms with Gasteiger partial charge in [-0.3, -0.25) is 5.32 Å². The van der Waals surface area contributed by atoms with E-state index in [-0.39, 0.29) is 6.61 Å². The number of nitrogens with one attached hydrogen (secondary N) is 1. The van der Waals surface area contributed by atoms with Crippen molar-refractivity contribution in [3.05, 3.63) is 48.0 Å². The third-order valence-electron chi connectivity index (χ3n) is 4.58. The number of carbonyl (C=O) groups is 1. The number of anilines is 1. The molecule has 1 N–H and O–H groups in total. The van der Waals surface area contributed by atoms with Crippen molar-refractivity contribution in [3.63, 3.8) is 0 Å². The topological polar surface area (TPSA) is 76.3 Å². The molecule has 1 heterocycles. The summed E-state index contributed by atoms with van der Waals surface area (Å²) in [5, 5.41) is 13.3. The van der Waals surface area contributed by atoms with Gasteiger partial charge in [-0.2, -0.15) is 5.26 Å². The van der Waals surface area contributed by atoms with Crippen molar-refractivity contribution in [2.75, 3.05) is 19.0 Å². The van der Waals surface area contributed by atoms with Gasteiger partial charge < -0.3 is 14.0 Å². The Morgan fingerprint density at radius 1 is 1.24 bits per heavy atom. The molecule has 0 aliphatic rings. The van der Waals surface area contributed by atoms with Crippen molar-refractivity contribution in [3.8, 4) is 35.4 Å². The average molecular weight is 387 g/mol. The van der Waals surface area contributed by atoms with E-state index < -0.39 is 6.09 Å². The maximum Gasteiger partial charge on any atom is 0.411 e. The van der Waals surface area contributed by atoms with Crippen LogP contribution in [0.15, 0.2) is 42.5 Å². The van der Waals surface area contributed by atoms with E-state index in [0.717, 1.165) is 27.9 Å². The summed E-state index contributed by atoms with van der Waals surface area (Å²) in [7, 11) is 1.62. The highest BCUT2D eigenvalue weighted by Crippen LogP contribution is 2.35. The molecule has 1 aromatic heterocycles. The van der Waals surface area contributed by atoms with E-state index in [0.29, 0.717) is 24.2 Å². The van der Waals surface area contributed by atoms with Crippen molar-refractivity contribution >= 4 is 22.7 Å². The number of rotatable bonds is 6. The highest BCUT2D eigenvalue weighted by molar-refractivity contribution is 5.95. The van der Waals surface area contributed by atoms with Gasteiger partial charge in [-0.25, -0.2) is 4.79 Å². The monoisotopic (exact) mass is 387 g/mol. The number of methoxy groups -OCH3 is 1. The van der Waals surface area contributed by atoms with E-state index in [1.807, 2.05) is 37.3 Å². The third-order valence-corrected chi connectivity index (χ3v) is 4.58. The first-order chi connectivity index (χ1) is 14.1. The highest BCUT2D eigenvalue weighted by Gasteiger charge is 2.18. The molecule has 3 aromatic rings. The van der Waals surface area contributed by atoms with Crippen molar-refractivity contribution in [2.24, 2.45) is 0 Å². The maximum absolute atomic E-state index is 11.8. The minimum atomic E-state index is -0.555. The number of hydrogen-bond acceptors (Lipinski definition) is 4. The summed E-state index contributed by atoms with van der Waals surface area (Å²) in [4.78, 5) is 11.8. The summed E-state index contributed by atoms with van der Waals surface area (Å²) in [5.41, 5.74) is 3.86. The zero-order chi connectivity index (χ0) is 20.8. The fraction of sp³-hybridized carbons (Fsp3) is 0.217. The van der Waals surface area contributed by atoms with Gasteiger partial charge in [0.15, 0.2) is 0 Å². The number of amides is 1. The van der Waals surface area contributed by atoms with E-state index >= 15 is 0 Å². The van der Waals surface area contributed by atoms with Crippen LogP contribution in [0.25, 0.3) is 22.2 Å². The molecule has 2 aromatic carbocycles. The number of aryl methyl sites for hydroxylation is 1. The van der Waals surface area contributed by atoms with Crippen LogP contribution in [0.4, 0.5) is 10.5 Å². The first-order valence-corrected chi connectivity index (χ1v) is 9.21. The van der Waals surface area contributed by atoms with Crippen molar-refractivity contribution in [2.45, 2.75) is 19.9 Å². The number of benzene rings is 2. The number of terminal acetylenes is 1. The maximum atomic E-state index is 11.8. The Hall–Kier alpha value is -3.90. The molecular weight excluding hydrogens is 366 g/mol. The fourth-order valence-electron chi connectivity index (χ4n) is 3.27. The Balaban J connectivity index is 1.95. The number of hydrogen-bond donors (Lipinski definition) is 1. The van der Waals surface area contributed by atoms with E-state index in [1.165, 1.54) is 0 Å². The van der Waals surface area contributed by atoms with E-state index in [9.17, 15) is 10.1 Å². The molecule has 0 spiro atoms. The Kier molecular flexibility index (Phi) is 6.06. The second-order valence-electron chi connectivity index (χ2n) is 6.26. The van der Waals surface area contributed by atoms with Gasteiger partial charge in [-0.05, 0) is 36.8 Å². The average Bonchev–Trinajstić information content (AvgIpc) is 3.07. The number of nitriles is 1. The Labute approximate surface area is 169 Å². The molecule has 0 bridgehead atoms. The zero-order valence-electron chi connectivity index (χ0n) is 16.4. The standard InChI is InChI=1S/C23H21N3O3/c1-4-6-13-29-23(27)25-17-9-7-16(8-10-17)22-20(15-24)19-12-11-18(28-3)14-21(19)26(22)5-2/h1,7-12,14H,5-6,13H2,2-3H3,(H,25,27). The van der Waals surface area contributed by atoms with E-state index in [1.54, 1.807) is 19.2 Å². The van der Waals surface area contributed by atoms with Crippen LogP contribution in [0.5, 0.6) is 5.75 Å². The van der Waals surface area contributed by atoms with Gasteiger partial charge in [0.25, 0.3) is 0 Å². The van der Waals surface area contributed by atoms with Crippen molar-refractivity contribution in [1.29, 1.82) is 5.26 Å². The molecule has 0 atom stereocenters. The van der Waals surface area contributed by atoms with Crippen LogP contribution in [0.2, 0.25) is 0 Å². The smallest absolute Gasteiger partial charge is 0.411 e. The van der Waals surface area contributed by atoms with Gasteiger partial charge in [0.05, 0.1) is 23.9 Å². The van der Waals surface area contributed by atoms with Crippen LogP contribution in [0.1, 0.15) is 18.9 Å². The molecule has 3 rings (SSSR count). The van der Waals surface area contributed by atoms with Crippen molar-refractivity contribution in [1.82, 2.24) is 4.57 Å². The first kappa shape index (κ1) is 19.9. The SMILES string of the molecule is C#CCCOC(=O)Nc1ccc(-c2c(C#N)c3ccc(OC)cc3n2CC)cc1. The van der Waals surface area contributed by atoms with E-state index in [2.05, 4.69) is 21.9 Å². The van der Waals surface area contributed by atoms with Crippen LogP contribution in [0.3, 0.4) is 0 Å². The van der Waals surface area contributed by atoms with Gasteiger partial charge in [-0.1, -0.05) is 12.1 Å². The largest absolute Gasteiger partial charge is 0.497 e. The van der Waals surface area contributed by atoms with Gasteiger partial charge in [0, 0.05) is 30.1 Å². The molecule has 0 saturated heterocycles. The molecule has 0 saturated carbocycles. The molecule has 6 heteroatoms. The molecule has 1 amide bonds. The summed E-state index contributed by atoms with van der Waals surface area (Å²) >= 11 is 0. The lowest BCUT2D eigenvalue weighted by molar-refractivity contribution is 0.164. The van der Waals surface area contributed by atoms with Crippen LogP contribution in [-0.4, -0.2) is 24.4 Å². The fourth-order valence-corrected chi connectivity index (χ4v) is 3.27. The number of carbonyl (C=O) groups excluding carboxylic acids is 1. The summed E-state index contributed by atoms with van der Waals surface area (Å²) in [6.07, 6.45) is 4.95. The lowest BCUT2D eigenvalue weighted by Gasteiger charge is -2.10. The minimum Gasteiger partial charge on any atom is -0.497 e. The molecule has 0 fully saturated rings. The minimum absolute atomic E-state index is 0.173.